The van der Waals surface area contributed by atoms with Crippen molar-refractivity contribution in [3.63, 3.8) is 0 Å². The number of rotatable bonds is 7. The van der Waals surface area contributed by atoms with Gasteiger partial charge in [-0.15, -0.1) is 0 Å². The number of amides is 1. The molecule has 1 amide bonds. The number of likely N-dealkylation sites (tertiary alicyclic amines) is 1. The van der Waals surface area contributed by atoms with Crippen LogP contribution in [-0.2, 0) is 16.1 Å². The third-order valence-electron chi connectivity index (χ3n) is 6.47. The molecule has 0 saturated carbocycles. The SMILES string of the molecule is Cc1nc(-c2nc(C(=O)NCCN3CCCC3)c3ccccn23)cn1Cc1ccncc1.O=C(O)C(F)(F)F.O=C(O)C(F)(F)F. The number of halogens is 6. The van der Waals surface area contributed by atoms with Crippen molar-refractivity contribution in [1.82, 2.24) is 34.1 Å². The Morgan fingerprint density at radius 2 is 1.50 bits per heavy atom. The lowest BCUT2D eigenvalue weighted by Gasteiger charge is -2.14. The lowest BCUT2D eigenvalue weighted by Crippen LogP contribution is -2.33. The summed E-state index contributed by atoms with van der Waals surface area (Å²) in [6.07, 6.45) is -0.173. The Morgan fingerprint density at radius 1 is 0.913 bits per heavy atom. The van der Waals surface area contributed by atoms with Gasteiger partial charge in [-0.2, -0.15) is 26.3 Å². The zero-order valence-electron chi connectivity index (χ0n) is 24.2. The molecule has 0 spiro atoms. The number of hydrogen-bond donors (Lipinski definition) is 3. The molecule has 4 aromatic rings. The molecule has 0 aromatic carbocycles. The molecule has 4 aromatic heterocycles. The average Bonchev–Trinajstić information content (AvgIpc) is 3.73. The van der Waals surface area contributed by atoms with Crippen molar-refractivity contribution in [2.24, 2.45) is 0 Å². The van der Waals surface area contributed by atoms with Gasteiger partial charge in [0, 0.05) is 44.4 Å². The number of fused-ring (bicyclic) bond motifs is 1. The monoisotopic (exact) mass is 657 g/mol. The predicted octanol–water partition coefficient (Wildman–Crippen LogP) is 4.04. The number of aliphatic carboxylic acids is 2. The van der Waals surface area contributed by atoms with E-state index in [4.69, 9.17) is 29.8 Å². The first kappa shape index (κ1) is 35.5. The van der Waals surface area contributed by atoms with E-state index in [1.54, 1.807) is 12.4 Å². The lowest BCUT2D eigenvalue weighted by molar-refractivity contribution is -0.193. The second-order valence-electron chi connectivity index (χ2n) is 9.81. The Kier molecular flexibility index (Phi) is 11.8. The molecule has 18 heteroatoms. The summed E-state index contributed by atoms with van der Waals surface area (Å²) in [4.78, 5) is 46.7. The first-order valence-corrected chi connectivity index (χ1v) is 13.6. The molecule has 0 atom stereocenters. The zero-order chi connectivity index (χ0) is 34.1. The smallest absolute Gasteiger partial charge is 0.475 e. The number of hydrogen-bond acceptors (Lipinski definition) is 7. The molecule has 5 rings (SSSR count). The molecule has 248 valence electrons. The van der Waals surface area contributed by atoms with Crippen LogP contribution in [0.3, 0.4) is 0 Å². The number of aromatic nitrogens is 5. The summed E-state index contributed by atoms with van der Waals surface area (Å²) in [5.74, 6) is -4.10. The summed E-state index contributed by atoms with van der Waals surface area (Å²) in [6, 6.07) is 9.78. The van der Waals surface area contributed by atoms with Crippen molar-refractivity contribution in [1.29, 1.82) is 0 Å². The van der Waals surface area contributed by atoms with Crippen molar-refractivity contribution in [3.05, 3.63) is 72.2 Å². The Bertz CT molecular complexity index is 1610. The maximum atomic E-state index is 13.0. The topological polar surface area (TPSA) is 155 Å². The van der Waals surface area contributed by atoms with E-state index in [0.717, 1.165) is 42.2 Å². The van der Waals surface area contributed by atoms with E-state index in [-0.39, 0.29) is 5.91 Å². The van der Waals surface area contributed by atoms with Crippen molar-refractivity contribution < 1.29 is 50.9 Å². The van der Waals surface area contributed by atoms with Crippen LogP contribution in [-0.4, -0.2) is 95.4 Å². The standard InChI is InChI=1S/C24H27N7O.2C2HF3O2/c1-18-27-20(17-30(18)16-19-7-9-25-10-8-19)23-28-22(21-6-2-3-14-31(21)23)24(32)26-11-15-29-12-4-5-13-29;2*3-2(4,5)1(6)7/h2-3,6-10,14,17H,4-5,11-13,15-16H2,1H3,(H,26,32);2*(H,6,7). The third-order valence-corrected chi connectivity index (χ3v) is 6.47. The van der Waals surface area contributed by atoms with Gasteiger partial charge in [0.1, 0.15) is 11.5 Å². The molecule has 0 aliphatic carbocycles. The van der Waals surface area contributed by atoms with Gasteiger partial charge in [-0.3, -0.25) is 14.2 Å². The number of imidazole rings is 2. The number of nitrogens with one attached hydrogen (secondary N) is 1. The summed E-state index contributed by atoms with van der Waals surface area (Å²) in [7, 11) is 0. The predicted molar refractivity (Wildman–Crippen MR) is 150 cm³/mol. The number of carboxylic acids is 2. The molecule has 0 bridgehead atoms. The largest absolute Gasteiger partial charge is 0.490 e. The van der Waals surface area contributed by atoms with Gasteiger partial charge in [-0.05, 0) is 62.7 Å². The van der Waals surface area contributed by atoms with Crippen LogP contribution < -0.4 is 5.32 Å². The quantitative estimate of drug-likeness (QED) is 0.250. The van der Waals surface area contributed by atoms with Crippen LogP contribution in [0.1, 0.15) is 34.7 Å². The van der Waals surface area contributed by atoms with Crippen LogP contribution in [0, 0.1) is 6.92 Å². The van der Waals surface area contributed by atoms with E-state index in [9.17, 15) is 31.1 Å². The average molecular weight is 658 g/mol. The normalized spacial score (nSPS) is 13.4. The van der Waals surface area contributed by atoms with Gasteiger partial charge in [0.15, 0.2) is 11.5 Å². The van der Waals surface area contributed by atoms with Crippen LogP contribution in [0.4, 0.5) is 26.3 Å². The first-order valence-electron chi connectivity index (χ1n) is 13.6. The number of pyridine rings is 2. The Hall–Kier alpha value is -5.00. The Balaban J connectivity index is 0.000000345. The minimum absolute atomic E-state index is 0.146. The van der Waals surface area contributed by atoms with E-state index in [1.807, 2.05) is 54.0 Å². The molecular weight excluding hydrogens is 628 g/mol. The summed E-state index contributed by atoms with van der Waals surface area (Å²) in [5.41, 5.74) is 3.11. The second-order valence-corrected chi connectivity index (χ2v) is 9.81. The van der Waals surface area contributed by atoms with Crippen molar-refractivity contribution in [2.75, 3.05) is 26.2 Å². The fraction of sp³-hybridized carbons (Fsp3) is 0.357. The highest BCUT2D eigenvalue weighted by atomic mass is 19.4. The molecule has 1 aliphatic rings. The summed E-state index contributed by atoms with van der Waals surface area (Å²) < 4.78 is 67.5. The third kappa shape index (κ3) is 10.0. The number of alkyl halides is 6. The Morgan fingerprint density at radius 3 is 2.07 bits per heavy atom. The summed E-state index contributed by atoms with van der Waals surface area (Å²) in [6.45, 7) is 6.42. The van der Waals surface area contributed by atoms with Crippen LogP contribution in [0.15, 0.2) is 55.1 Å². The highest BCUT2D eigenvalue weighted by Crippen LogP contribution is 2.23. The highest BCUT2D eigenvalue weighted by molar-refractivity contribution is 6.00. The molecule has 0 radical (unpaired) electrons. The molecular formula is C28H29F6N7O5. The molecule has 1 aliphatic heterocycles. The molecule has 46 heavy (non-hydrogen) atoms. The minimum atomic E-state index is -5.08. The van der Waals surface area contributed by atoms with Gasteiger partial charge in [-0.1, -0.05) is 6.07 Å². The van der Waals surface area contributed by atoms with Crippen molar-refractivity contribution >= 4 is 23.4 Å². The fourth-order valence-electron chi connectivity index (χ4n) is 4.26. The molecule has 1 fully saturated rings. The number of carbonyl (C=O) groups is 3. The van der Waals surface area contributed by atoms with Crippen LogP contribution in [0.2, 0.25) is 0 Å². The lowest BCUT2D eigenvalue weighted by atomic mass is 10.3. The van der Waals surface area contributed by atoms with Crippen LogP contribution >= 0.6 is 0 Å². The molecule has 1 saturated heterocycles. The van der Waals surface area contributed by atoms with E-state index in [0.29, 0.717) is 24.6 Å². The second kappa shape index (κ2) is 15.3. The van der Waals surface area contributed by atoms with Crippen LogP contribution in [0.5, 0.6) is 0 Å². The van der Waals surface area contributed by atoms with Gasteiger partial charge < -0.3 is 25.0 Å². The van der Waals surface area contributed by atoms with Gasteiger partial charge in [0.25, 0.3) is 5.91 Å². The Labute approximate surface area is 257 Å². The number of carbonyl (C=O) groups excluding carboxylic acids is 1. The van der Waals surface area contributed by atoms with E-state index in [1.165, 1.54) is 12.8 Å². The summed E-state index contributed by atoms with van der Waals surface area (Å²) in [5, 5.41) is 17.3. The van der Waals surface area contributed by atoms with E-state index in [2.05, 4.69) is 19.8 Å². The summed E-state index contributed by atoms with van der Waals surface area (Å²) >= 11 is 0. The van der Waals surface area contributed by atoms with Gasteiger partial charge >= 0.3 is 24.3 Å². The number of carboxylic acid groups (broad SMARTS) is 2. The highest BCUT2D eigenvalue weighted by Gasteiger charge is 2.38. The van der Waals surface area contributed by atoms with Crippen LogP contribution in [0.25, 0.3) is 17.0 Å². The molecule has 0 unspecified atom stereocenters. The maximum Gasteiger partial charge on any atom is 0.490 e. The first-order chi connectivity index (χ1) is 21.6. The molecule has 3 N–H and O–H groups in total. The minimum Gasteiger partial charge on any atom is -0.475 e. The van der Waals surface area contributed by atoms with Gasteiger partial charge in [-0.25, -0.2) is 19.6 Å². The van der Waals surface area contributed by atoms with E-state index < -0.39 is 24.3 Å². The van der Waals surface area contributed by atoms with Crippen molar-refractivity contribution in [2.45, 2.75) is 38.7 Å². The number of aryl methyl sites for hydroxylation is 1. The van der Waals surface area contributed by atoms with Crippen molar-refractivity contribution in [3.8, 4) is 11.5 Å². The van der Waals surface area contributed by atoms with E-state index >= 15 is 0 Å². The van der Waals surface area contributed by atoms with Gasteiger partial charge in [0.05, 0.1) is 5.52 Å². The zero-order valence-corrected chi connectivity index (χ0v) is 24.2. The number of nitrogens with zero attached hydrogens (tertiary/aromatic N) is 6. The maximum absolute atomic E-state index is 13.0. The van der Waals surface area contributed by atoms with Gasteiger partial charge in [0.2, 0.25) is 0 Å². The molecule has 5 heterocycles. The fourth-order valence-corrected chi connectivity index (χ4v) is 4.26. The molecule has 12 nitrogen and oxygen atoms in total.